The number of quaternary nitrogens is 1. The van der Waals surface area contributed by atoms with Crippen LogP contribution in [-0.2, 0) is 27.9 Å². The highest BCUT2D eigenvalue weighted by atomic mass is 31.2. The van der Waals surface area contributed by atoms with Gasteiger partial charge < -0.3 is 19.4 Å². The van der Waals surface area contributed by atoms with Crippen molar-refractivity contribution in [2.45, 2.75) is 341 Å². The van der Waals surface area contributed by atoms with Gasteiger partial charge in [0.25, 0.3) is 0 Å². The first-order valence-corrected chi connectivity index (χ1v) is 35.5. The van der Waals surface area contributed by atoms with E-state index in [1.54, 1.807) is 0 Å². The SMILES string of the molecule is CCCCC/C=C\C/C=C\CCCCCCCCCC(=O)OC(/C=C\CCCCCCCCCCCCC)C(COP(=O)(O)OCC[N+](C)(C)C)NC(=O)CCCCCCCCCCCCCCC/C=C/CCCCCCCC. The van der Waals surface area contributed by atoms with E-state index in [-0.39, 0.29) is 31.5 Å². The predicted molar refractivity (Wildman–Crippen MR) is 342 cm³/mol. The molecule has 0 radical (unpaired) electrons. The van der Waals surface area contributed by atoms with Gasteiger partial charge >= 0.3 is 13.8 Å². The lowest BCUT2D eigenvalue weighted by molar-refractivity contribution is -0.870. The summed E-state index contributed by atoms with van der Waals surface area (Å²) in [6.07, 6.45) is 73.9. The summed E-state index contributed by atoms with van der Waals surface area (Å²) < 4.78 is 30.8. The zero-order valence-corrected chi connectivity index (χ0v) is 54.0. The number of ether oxygens (including phenoxy) is 1. The maximum Gasteiger partial charge on any atom is 0.472 e. The molecule has 0 aliphatic carbocycles. The molecule has 0 fully saturated rings. The highest BCUT2D eigenvalue weighted by molar-refractivity contribution is 7.47. The van der Waals surface area contributed by atoms with Gasteiger partial charge in [-0.05, 0) is 89.5 Å². The Morgan fingerprint density at radius 2 is 0.772 bits per heavy atom. The molecule has 10 heteroatoms. The summed E-state index contributed by atoms with van der Waals surface area (Å²) in [5.74, 6) is -0.501. The number of phosphoric ester groups is 1. The lowest BCUT2D eigenvalue weighted by Crippen LogP contribution is -2.47. The summed E-state index contributed by atoms with van der Waals surface area (Å²) in [5, 5.41) is 3.07. The van der Waals surface area contributed by atoms with E-state index in [1.807, 2.05) is 33.3 Å². The third kappa shape index (κ3) is 60.4. The molecule has 0 aromatic heterocycles. The summed E-state index contributed by atoms with van der Waals surface area (Å²) in [7, 11) is 1.50. The Kier molecular flexibility index (Phi) is 57.6. The van der Waals surface area contributed by atoms with Crippen molar-refractivity contribution in [1.82, 2.24) is 5.32 Å². The molecule has 0 heterocycles. The molecule has 1 amide bonds. The van der Waals surface area contributed by atoms with Gasteiger partial charge in [0.15, 0.2) is 0 Å². The smallest absolute Gasteiger partial charge is 0.456 e. The minimum Gasteiger partial charge on any atom is -0.456 e. The van der Waals surface area contributed by atoms with Gasteiger partial charge in [0, 0.05) is 12.8 Å². The summed E-state index contributed by atoms with van der Waals surface area (Å²) in [5.41, 5.74) is 0. The average molecular weight is 1130 g/mol. The van der Waals surface area contributed by atoms with Gasteiger partial charge in [-0.2, -0.15) is 0 Å². The van der Waals surface area contributed by atoms with E-state index >= 15 is 0 Å². The van der Waals surface area contributed by atoms with E-state index in [2.05, 4.69) is 62.5 Å². The topological polar surface area (TPSA) is 111 Å². The average Bonchev–Trinajstić information content (AvgIpc) is 3.41. The van der Waals surface area contributed by atoms with Crippen LogP contribution < -0.4 is 5.32 Å². The highest BCUT2D eigenvalue weighted by Gasteiger charge is 2.30. The molecule has 0 saturated carbocycles. The fourth-order valence-corrected chi connectivity index (χ4v) is 10.7. The van der Waals surface area contributed by atoms with E-state index in [0.29, 0.717) is 17.4 Å². The Balaban J connectivity index is 5.15. The standard InChI is InChI=1S/C69H131N2O7P/c1-7-10-13-16-19-22-25-28-30-32-33-34-35-36-37-39-40-43-46-49-52-55-58-61-68(72)70-66(65-77-79(74,75)76-64-63-71(4,5)6)67(60-57-54-51-48-45-42-27-24-21-18-15-12-9-3)78-69(73)62-59-56-53-50-47-44-41-38-31-29-26-23-20-17-14-11-8-2/h20,23,28-31,57,60,66-67H,7-19,21-22,24-27,32-56,58-59,61-65H2,1-6H3,(H-,70,72,74,75)/p+1/b23-20-,30-28+,31-29-,60-57-. The number of carbonyl (C=O) groups excluding carboxylic acids is 2. The van der Waals surface area contributed by atoms with Gasteiger partial charge in [-0.3, -0.25) is 18.6 Å². The van der Waals surface area contributed by atoms with E-state index in [0.717, 1.165) is 77.0 Å². The predicted octanol–water partition coefficient (Wildman–Crippen LogP) is 21.2. The Morgan fingerprint density at radius 3 is 1.18 bits per heavy atom. The summed E-state index contributed by atoms with van der Waals surface area (Å²) in [6.45, 7) is 7.02. The third-order valence-corrected chi connectivity index (χ3v) is 16.2. The molecule has 0 rings (SSSR count). The summed E-state index contributed by atoms with van der Waals surface area (Å²) in [6, 6.07) is -0.851. The quantitative estimate of drug-likeness (QED) is 0.0205. The van der Waals surface area contributed by atoms with Crippen LogP contribution in [0.3, 0.4) is 0 Å². The van der Waals surface area contributed by atoms with Crippen LogP contribution in [0.2, 0.25) is 0 Å². The number of allylic oxidation sites excluding steroid dienone is 7. The van der Waals surface area contributed by atoms with E-state index in [4.69, 9.17) is 13.8 Å². The maximum atomic E-state index is 13.6. The number of likely N-dealkylation sites (N-methyl/N-ethyl adjacent to an activating group) is 1. The number of esters is 1. The number of amides is 1. The van der Waals surface area contributed by atoms with Crippen molar-refractivity contribution in [2.24, 2.45) is 0 Å². The third-order valence-electron chi connectivity index (χ3n) is 15.2. The Bertz CT molecular complexity index is 1490. The molecule has 0 aliphatic heterocycles. The van der Waals surface area contributed by atoms with Gasteiger partial charge in [0.2, 0.25) is 5.91 Å². The van der Waals surface area contributed by atoms with Crippen molar-refractivity contribution in [3.63, 3.8) is 0 Å². The molecule has 0 bridgehead atoms. The fourth-order valence-electron chi connectivity index (χ4n) is 9.97. The Labute approximate surface area is 490 Å². The van der Waals surface area contributed by atoms with E-state index in [1.165, 1.54) is 218 Å². The van der Waals surface area contributed by atoms with Gasteiger partial charge in [-0.1, -0.05) is 275 Å². The van der Waals surface area contributed by atoms with Crippen LogP contribution in [-0.4, -0.2) is 74.3 Å². The zero-order valence-electron chi connectivity index (χ0n) is 53.1. The minimum absolute atomic E-state index is 0.0398. The molecule has 0 spiro atoms. The molecular formula is C69H132N2O7P+. The molecule has 3 unspecified atom stereocenters. The van der Waals surface area contributed by atoms with E-state index in [9.17, 15) is 19.0 Å². The first-order valence-electron chi connectivity index (χ1n) is 34.0. The van der Waals surface area contributed by atoms with Crippen LogP contribution in [0.4, 0.5) is 0 Å². The van der Waals surface area contributed by atoms with E-state index < -0.39 is 20.0 Å². The van der Waals surface area contributed by atoms with Gasteiger partial charge in [-0.15, -0.1) is 0 Å². The Hall–Kier alpha value is -2.03. The molecule has 0 aromatic rings. The first-order chi connectivity index (χ1) is 38.4. The number of nitrogens with one attached hydrogen (secondary N) is 1. The van der Waals surface area contributed by atoms with Crippen LogP contribution in [0.25, 0.3) is 0 Å². The van der Waals surface area contributed by atoms with Gasteiger partial charge in [-0.25, -0.2) is 4.57 Å². The lowest BCUT2D eigenvalue weighted by Gasteiger charge is -2.27. The minimum atomic E-state index is -4.45. The monoisotopic (exact) mass is 1130 g/mol. The number of carbonyl (C=O) groups is 2. The van der Waals surface area contributed by atoms with Crippen molar-refractivity contribution in [3.8, 4) is 0 Å². The Morgan fingerprint density at radius 1 is 0.443 bits per heavy atom. The number of unbranched alkanes of at least 4 members (excludes halogenated alkanes) is 40. The molecule has 464 valence electrons. The van der Waals surface area contributed by atoms with Gasteiger partial charge in [0.05, 0.1) is 33.8 Å². The normalized spacial score (nSPS) is 13.9. The summed E-state index contributed by atoms with van der Waals surface area (Å²) in [4.78, 5) is 37.8. The number of phosphoric acid groups is 1. The molecule has 0 saturated heterocycles. The van der Waals surface area contributed by atoms with Crippen molar-refractivity contribution >= 4 is 19.7 Å². The second kappa shape index (κ2) is 59.1. The first kappa shape index (κ1) is 77.0. The molecule has 3 atom stereocenters. The maximum absolute atomic E-state index is 13.6. The summed E-state index contributed by atoms with van der Waals surface area (Å²) >= 11 is 0. The second-order valence-corrected chi connectivity index (χ2v) is 25.8. The molecule has 0 aliphatic rings. The molecular weight excluding hydrogens is 1000 g/mol. The number of rotatable bonds is 62. The number of nitrogens with zero attached hydrogens (tertiary/aromatic N) is 1. The fraction of sp³-hybridized carbons (Fsp3) is 0.855. The molecule has 2 N–H and O–H groups in total. The van der Waals surface area contributed by atoms with Gasteiger partial charge in [0.1, 0.15) is 19.3 Å². The van der Waals surface area contributed by atoms with Crippen LogP contribution in [0, 0.1) is 0 Å². The number of hydrogen-bond donors (Lipinski definition) is 2. The van der Waals surface area contributed by atoms with Crippen LogP contribution in [0.15, 0.2) is 48.6 Å². The van der Waals surface area contributed by atoms with Crippen LogP contribution >= 0.6 is 7.82 Å². The molecule has 0 aromatic carbocycles. The molecule has 9 nitrogen and oxygen atoms in total. The van der Waals surface area contributed by atoms with Crippen molar-refractivity contribution in [3.05, 3.63) is 48.6 Å². The van der Waals surface area contributed by atoms with Crippen LogP contribution in [0.1, 0.15) is 329 Å². The number of hydrogen-bond acceptors (Lipinski definition) is 6. The van der Waals surface area contributed by atoms with Crippen molar-refractivity contribution in [1.29, 1.82) is 0 Å². The second-order valence-electron chi connectivity index (χ2n) is 24.3. The van der Waals surface area contributed by atoms with Crippen molar-refractivity contribution in [2.75, 3.05) is 40.9 Å². The largest absolute Gasteiger partial charge is 0.472 e. The van der Waals surface area contributed by atoms with Crippen LogP contribution in [0.5, 0.6) is 0 Å². The molecule has 79 heavy (non-hydrogen) atoms. The highest BCUT2D eigenvalue weighted by Crippen LogP contribution is 2.43. The zero-order chi connectivity index (χ0) is 57.9. The lowest BCUT2D eigenvalue weighted by atomic mass is 10.0. The van der Waals surface area contributed by atoms with Crippen molar-refractivity contribution < 1.29 is 37.3 Å².